The van der Waals surface area contributed by atoms with Crippen LogP contribution in [0.3, 0.4) is 0 Å². The van der Waals surface area contributed by atoms with E-state index in [9.17, 15) is 14.4 Å². The first kappa shape index (κ1) is 23.2. The quantitative estimate of drug-likeness (QED) is 0.469. The maximum atomic E-state index is 12.7. The molecule has 166 valence electrons. The maximum absolute atomic E-state index is 12.7. The van der Waals surface area contributed by atoms with Crippen molar-refractivity contribution in [2.75, 3.05) is 18.5 Å². The summed E-state index contributed by atoms with van der Waals surface area (Å²) in [4.78, 5) is 37.3. The molecule has 0 unspecified atom stereocenters. The number of thiophene rings is 1. The molecule has 0 aliphatic rings. The zero-order valence-electron chi connectivity index (χ0n) is 18.3. The number of carbonyl (C=O) groups excluding carboxylic acids is 3. The van der Waals surface area contributed by atoms with Crippen LogP contribution in [0.2, 0.25) is 0 Å². The second-order valence-corrected chi connectivity index (χ2v) is 8.33. The highest BCUT2D eigenvalue weighted by molar-refractivity contribution is 7.15. The predicted octanol–water partition coefficient (Wildman–Crippen LogP) is 5.08. The lowest BCUT2D eigenvalue weighted by Crippen LogP contribution is -2.33. The van der Waals surface area contributed by atoms with Gasteiger partial charge in [-0.2, -0.15) is 0 Å². The van der Waals surface area contributed by atoms with Crippen LogP contribution in [0.15, 0.2) is 60.0 Å². The van der Waals surface area contributed by atoms with Crippen LogP contribution in [0.5, 0.6) is 0 Å². The number of hydrogen-bond acceptors (Lipinski definition) is 5. The van der Waals surface area contributed by atoms with Gasteiger partial charge in [0.1, 0.15) is 10.6 Å². The minimum absolute atomic E-state index is 0.216. The molecule has 0 fully saturated rings. The third-order valence-electron chi connectivity index (χ3n) is 4.86. The number of amides is 2. The summed E-state index contributed by atoms with van der Waals surface area (Å²) in [5.41, 5.74) is 3.55. The van der Waals surface area contributed by atoms with E-state index in [0.29, 0.717) is 27.6 Å². The van der Waals surface area contributed by atoms with Crippen molar-refractivity contribution in [1.29, 1.82) is 0 Å². The van der Waals surface area contributed by atoms with Crippen molar-refractivity contribution in [1.82, 2.24) is 5.32 Å². The molecule has 0 atom stereocenters. The number of benzene rings is 2. The molecule has 6 nitrogen and oxygen atoms in total. The zero-order chi connectivity index (χ0) is 23.1. The Morgan fingerprint density at radius 1 is 1.00 bits per heavy atom. The number of nitrogens with one attached hydrogen (secondary N) is 2. The van der Waals surface area contributed by atoms with Gasteiger partial charge in [0, 0.05) is 16.5 Å². The van der Waals surface area contributed by atoms with Crippen LogP contribution >= 0.6 is 11.3 Å². The molecule has 0 bridgehead atoms. The van der Waals surface area contributed by atoms with Gasteiger partial charge in [0.05, 0.1) is 13.2 Å². The van der Waals surface area contributed by atoms with Gasteiger partial charge in [0.25, 0.3) is 5.91 Å². The number of ether oxygens (including phenoxy) is 1. The van der Waals surface area contributed by atoms with Crippen LogP contribution in [0.1, 0.15) is 53.0 Å². The normalized spacial score (nSPS) is 10.6. The summed E-state index contributed by atoms with van der Waals surface area (Å²) in [7, 11) is 0. The zero-order valence-corrected chi connectivity index (χ0v) is 19.1. The van der Waals surface area contributed by atoms with Crippen LogP contribution in [0.4, 0.5) is 5.00 Å². The van der Waals surface area contributed by atoms with E-state index < -0.39 is 11.9 Å². The Kier molecular flexibility index (Phi) is 7.78. The lowest BCUT2D eigenvalue weighted by atomic mass is 9.98. The molecule has 0 spiro atoms. The smallest absolute Gasteiger partial charge is 0.341 e. The molecule has 0 saturated carbocycles. The Bertz CT molecular complexity index is 1090. The summed E-state index contributed by atoms with van der Waals surface area (Å²) in [6, 6.07) is 16.6. The van der Waals surface area contributed by atoms with Gasteiger partial charge in [-0.25, -0.2) is 4.79 Å². The monoisotopic (exact) mass is 450 g/mol. The van der Waals surface area contributed by atoms with E-state index in [1.54, 1.807) is 31.2 Å². The first-order valence-electron chi connectivity index (χ1n) is 10.4. The maximum Gasteiger partial charge on any atom is 0.341 e. The van der Waals surface area contributed by atoms with E-state index >= 15 is 0 Å². The molecular formula is C25H26N2O4S. The molecule has 2 N–H and O–H groups in total. The van der Waals surface area contributed by atoms with Gasteiger partial charge in [-0.05, 0) is 36.1 Å². The van der Waals surface area contributed by atoms with Gasteiger partial charge in [0.2, 0.25) is 5.91 Å². The first-order valence-corrected chi connectivity index (χ1v) is 11.3. The van der Waals surface area contributed by atoms with Crippen molar-refractivity contribution in [3.05, 3.63) is 76.7 Å². The lowest BCUT2D eigenvalue weighted by molar-refractivity contribution is -0.115. The van der Waals surface area contributed by atoms with Crippen LogP contribution in [0.25, 0.3) is 11.1 Å². The average molecular weight is 451 g/mol. The van der Waals surface area contributed by atoms with Crippen LogP contribution in [0, 0.1) is 0 Å². The molecule has 3 aromatic rings. The van der Waals surface area contributed by atoms with Crippen molar-refractivity contribution in [2.24, 2.45) is 0 Å². The van der Waals surface area contributed by atoms with Crippen molar-refractivity contribution in [2.45, 2.75) is 26.7 Å². The van der Waals surface area contributed by atoms with E-state index in [-0.39, 0.29) is 19.1 Å². The first-order chi connectivity index (χ1) is 15.4. The van der Waals surface area contributed by atoms with Crippen molar-refractivity contribution in [3.63, 3.8) is 0 Å². The predicted molar refractivity (Wildman–Crippen MR) is 127 cm³/mol. The minimum atomic E-state index is -0.500. The third-order valence-corrected chi connectivity index (χ3v) is 5.75. The van der Waals surface area contributed by atoms with Crippen LogP contribution in [-0.4, -0.2) is 30.9 Å². The molecule has 2 aromatic carbocycles. The summed E-state index contributed by atoms with van der Waals surface area (Å²) in [6.07, 6.45) is 0. The van der Waals surface area contributed by atoms with Crippen molar-refractivity contribution < 1.29 is 19.1 Å². The van der Waals surface area contributed by atoms with E-state index in [2.05, 4.69) is 24.5 Å². The van der Waals surface area contributed by atoms with Crippen LogP contribution in [-0.2, 0) is 9.53 Å². The third kappa shape index (κ3) is 5.62. The Balaban J connectivity index is 1.77. The van der Waals surface area contributed by atoms with E-state index in [4.69, 9.17) is 4.74 Å². The average Bonchev–Trinajstić information content (AvgIpc) is 3.21. The van der Waals surface area contributed by atoms with Gasteiger partial charge in [-0.1, -0.05) is 56.3 Å². The Morgan fingerprint density at radius 3 is 2.31 bits per heavy atom. The molecule has 32 heavy (non-hydrogen) atoms. The number of anilines is 1. The van der Waals surface area contributed by atoms with E-state index in [0.717, 1.165) is 5.56 Å². The highest BCUT2D eigenvalue weighted by atomic mass is 32.1. The Morgan fingerprint density at radius 2 is 1.69 bits per heavy atom. The molecule has 2 amide bonds. The summed E-state index contributed by atoms with van der Waals surface area (Å²) < 4.78 is 5.24. The van der Waals surface area contributed by atoms with Gasteiger partial charge in [0.15, 0.2) is 0 Å². The van der Waals surface area contributed by atoms with E-state index in [1.165, 1.54) is 16.9 Å². The molecular weight excluding hydrogens is 424 g/mol. The molecule has 0 radical (unpaired) electrons. The molecule has 0 aliphatic carbocycles. The van der Waals surface area contributed by atoms with Gasteiger partial charge in [-0.15, -0.1) is 11.3 Å². The molecule has 1 heterocycles. The summed E-state index contributed by atoms with van der Waals surface area (Å²) in [5, 5.41) is 7.55. The van der Waals surface area contributed by atoms with Crippen molar-refractivity contribution in [3.8, 4) is 11.1 Å². The highest BCUT2D eigenvalue weighted by Gasteiger charge is 2.23. The van der Waals surface area contributed by atoms with E-state index in [1.807, 2.05) is 35.7 Å². The van der Waals surface area contributed by atoms with Crippen molar-refractivity contribution >= 4 is 34.1 Å². The Hall–Kier alpha value is -3.45. The molecule has 1 aromatic heterocycles. The second kappa shape index (κ2) is 10.7. The molecule has 3 rings (SSSR count). The number of esters is 1. The molecule has 7 heteroatoms. The second-order valence-electron chi connectivity index (χ2n) is 7.45. The summed E-state index contributed by atoms with van der Waals surface area (Å²) in [5.74, 6) is -0.871. The van der Waals surface area contributed by atoms with Gasteiger partial charge >= 0.3 is 5.97 Å². The fraction of sp³-hybridized carbons (Fsp3) is 0.240. The number of carbonyl (C=O) groups is 3. The van der Waals surface area contributed by atoms with Crippen LogP contribution < -0.4 is 10.6 Å². The SMILES string of the molecule is CCOC(=O)c1c(-c2ccc(C(C)C)cc2)csc1NC(=O)CNC(=O)c1ccccc1. The largest absolute Gasteiger partial charge is 0.462 e. The standard InChI is InChI=1S/C25H26N2O4S/c1-4-31-25(30)22-20(18-12-10-17(11-13-18)16(2)3)15-32-24(22)27-21(28)14-26-23(29)19-8-6-5-7-9-19/h5-13,15-16H,4,14H2,1-3H3,(H,26,29)(H,27,28). The number of hydrogen-bond donors (Lipinski definition) is 2. The summed E-state index contributed by atoms with van der Waals surface area (Å²) in [6.45, 7) is 5.98. The molecule has 0 aliphatic heterocycles. The highest BCUT2D eigenvalue weighted by Crippen LogP contribution is 2.36. The fourth-order valence-electron chi connectivity index (χ4n) is 3.14. The van der Waals surface area contributed by atoms with Gasteiger partial charge in [-0.3, -0.25) is 9.59 Å². The lowest BCUT2D eigenvalue weighted by Gasteiger charge is -2.10. The minimum Gasteiger partial charge on any atom is -0.462 e. The molecule has 0 saturated heterocycles. The fourth-order valence-corrected chi connectivity index (χ4v) is 4.11. The Labute approximate surface area is 191 Å². The van der Waals surface area contributed by atoms with Gasteiger partial charge < -0.3 is 15.4 Å². The number of rotatable bonds is 8. The topological polar surface area (TPSA) is 84.5 Å². The summed E-state index contributed by atoms with van der Waals surface area (Å²) >= 11 is 1.25.